The molecule has 2 atom stereocenters. The van der Waals surface area contributed by atoms with Gasteiger partial charge >= 0.3 is 6.03 Å². The van der Waals surface area contributed by atoms with Gasteiger partial charge in [0.25, 0.3) is 0 Å². The highest BCUT2D eigenvalue weighted by molar-refractivity contribution is 5.74. The van der Waals surface area contributed by atoms with Crippen molar-refractivity contribution in [2.24, 2.45) is 0 Å². The SMILES string of the molecule is C[C@H]1C[C@@H](NC(=O)NC2CCC3(CC2)OCCO3)CN1C1CC1. The summed E-state index contributed by atoms with van der Waals surface area (Å²) in [5.41, 5.74) is 0. The molecule has 2 aliphatic heterocycles. The molecule has 2 N–H and O–H groups in total. The standard InChI is InChI=1S/C17H29N3O3/c1-12-10-14(11-20(12)15-2-3-15)19-16(21)18-13-4-6-17(7-5-13)22-8-9-23-17/h12-15H,2-11H2,1H3,(H2,18,19,21)/t12-,14+/m0/s1. The van der Waals surface area contributed by atoms with E-state index in [-0.39, 0.29) is 17.9 Å². The van der Waals surface area contributed by atoms with Crippen LogP contribution in [0, 0.1) is 0 Å². The Morgan fingerprint density at radius 1 is 1.04 bits per heavy atom. The molecular formula is C17H29N3O3. The molecule has 6 heteroatoms. The summed E-state index contributed by atoms with van der Waals surface area (Å²) in [7, 11) is 0. The summed E-state index contributed by atoms with van der Waals surface area (Å²) in [6.45, 7) is 4.70. The summed E-state index contributed by atoms with van der Waals surface area (Å²) in [5.74, 6) is -0.347. The van der Waals surface area contributed by atoms with Gasteiger partial charge in [0.05, 0.1) is 13.2 Å². The van der Waals surface area contributed by atoms with Crippen LogP contribution in [-0.4, -0.2) is 60.6 Å². The van der Waals surface area contributed by atoms with Crippen LogP contribution in [-0.2, 0) is 9.47 Å². The number of urea groups is 1. The van der Waals surface area contributed by atoms with Gasteiger partial charge in [-0.05, 0) is 39.0 Å². The first-order valence-electron chi connectivity index (χ1n) is 9.24. The van der Waals surface area contributed by atoms with Crippen molar-refractivity contribution in [3.05, 3.63) is 0 Å². The van der Waals surface area contributed by atoms with Gasteiger partial charge in [-0.25, -0.2) is 4.79 Å². The first-order chi connectivity index (χ1) is 11.1. The van der Waals surface area contributed by atoms with Crippen molar-refractivity contribution in [1.82, 2.24) is 15.5 Å². The molecule has 4 rings (SSSR count). The Bertz CT molecular complexity index is 438. The topological polar surface area (TPSA) is 62.8 Å². The number of likely N-dealkylation sites (tertiary alicyclic amines) is 1. The number of nitrogens with zero attached hydrogens (tertiary/aromatic N) is 1. The van der Waals surface area contributed by atoms with Crippen LogP contribution in [0.15, 0.2) is 0 Å². The predicted octanol–water partition coefficient (Wildman–Crippen LogP) is 1.60. The average molecular weight is 323 g/mol. The van der Waals surface area contributed by atoms with Crippen LogP contribution < -0.4 is 10.6 Å². The van der Waals surface area contributed by atoms with Crippen molar-refractivity contribution in [3.8, 4) is 0 Å². The number of carbonyl (C=O) groups is 1. The largest absolute Gasteiger partial charge is 0.348 e. The molecule has 23 heavy (non-hydrogen) atoms. The Morgan fingerprint density at radius 3 is 2.35 bits per heavy atom. The van der Waals surface area contributed by atoms with Crippen LogP contribution in [0.4, 0.5) is 4.79 Å². The molecule has 6 nitrogen and oxygen atoms in total. The number of ether oxygens (including phenoxy) is 2. The zero-order valence-electron chi connectivity index (χ0n) is 14.1. The molecule has 2 aliphatic carbocycles. The predicted molar refractivity (Wildman–Crippen MR) is 86.2 cm³/mol. The molecule has 0 bridgehead atoms. The van der Waals surface area contributed by atoms with Gasteiger partial charge in [-0.15, -0.1) is 0 Å². The first kappa shape index (κ1) is 15.7. The van der Waals surface area contributed by atoms with Crippen LogP contribution >= 0.6 is 0 Å². The fourth-order valence-corrected chi connectivity index (χ4v) is 4.48. The summed E-state index contributed by atoms with van der Waals surface area (Å²) >= 11 is 0. The molecule has 130 valence electrons. The van der Waals surface area contributed by atoms with Crippen LogP contribution in [0.3, 0.4) is 0 Å². The lowest BCUT2D eigenvalue weighted by Crippen LogP contribution is -2.50. The molecule has 0 aromatic rings. The third-order valence-corrected chi connectivity index (χ3v) is 5.87. The summed E-state index contributed by atoms with van der Waals surface area (Å²) in [4.78, 5) is 14.8. The number of rotatable bonds is 3. The van der Waals surface area contributed by atoms with Crippen LogP contribution in [0.5, 0.6) is 0 Å². The lowest BCUT2D eigenvalue weighted by molar-refractivity contribution is -0.179. The average Bonchev–Trinajstić information content (AvgIpc) is 3.17. The monoisotopic (exact) mass is 323 g/mol. The Hall–Kier alpha value is -0.850. The molecule has 2 saturated heterocycles. The normalized spacial score (nSPS) is 34.8. The fourth-order valence-electron chi connectivity index (χ4n) is 4.48. The second-order valence-electron chi connectivity index (χ2n) is 7.71. The molecule has 2 heterocycles. The minimum absolute atomic E-state index is 0.00550. The molecular weight excluding hydrogens is 294 g/mol. The number of nitrogens with one attached hydrogen (secondary N) is 2. The number of amides is 2. The zero-order chi connectivity index (χ0) is 15.9. The van der Waals surface area contributed by atoms with Gasteiger partial charge < -0.3 is 20.1 Å². The molecule has 4 fully saturated rings. The summed E-state index contributed by atoms with van der Waals surface area (Å²) in [6, 6.07) is 1.91. The lowest BCUT2D eigenvalue weighted by atomic mass is 9.90. The number of hydrogen-bond acceptors (Lipinski definition) is 4. The minimum atomic E-state index is -0.347. The van der Waals surface area contributed by atoms with Gasteiger partial charge in [-0.2, -0.15) is 0 Å². The summed E-state index contributed by atoms with van der Waals surface area (Å²) in [5, 5.41) is 6.32. The van der Waals surface area contributed by atoms with E-state index in [1.807, 2.05) is 0 Å². The smallest absolute Gasteiger partial charge is 0.315 e. The second kappa shape index (κ2) is 6.22. The highest BCUT2D eigenvalue weighted by atomic mass is 16.7. The van der Waals surface area contributed by atoms with Crippen LogP contribution in [0.2, 0.25) is 0 Å². The van der Waals surface area contributed by atoms with E-state index < -0.39 is 0 Å². The highest BCUT2D eigenvalue weighted by Crippen LogP contribution is 2.36. The summed E-state index contributed by atoms with van der Waals surface area (Å²) < 4.78 is 11.5. The number of hydrogen-bond donors (Lipinski definition) is 2. The maximum Gasteiger partial charge on any atom is 0.315 e. The fraction of sp³-hybridized carbons (Fsp3) is 0.941. The van der Waals surface area contributed by atoms with Gasteiger partial charge in [-0.1, -0.05) is 0 Å². The molecule has 0 aromatic carbocycles. The van der Waals surface area contributed by atoms with Crippen molar-refractivity contribution < 1.29 is 14.3 Å². The van der Waals surface area contributed by atoms with Crippen LogP contribution in [0.25, 0.3) is 0 Å². The van der Waals surface area contributed by atoms with Crippen molar-refractivity contribution in [2.75, 3.05) is 19.8 Å². The van der Waals surface area contributed by atoms with E-state index in [9.17, 15) is 4.79 Å². The Morgan fingerprint density at radius 2 is 1.70 bits per heavy atom. The quantitative estimate of drug-likeness (QED) is 0.828. The molecule has 2 saturated carbocycles. The molecule has 0 radical (unpaired) electrons. The van der Waals surface area contributed by atoms with Gasteiger partial charge in [0, 0.05) is 43.6 Å². The first-order valence-corrected chi connectivity index (χ1v) is 9.24. The Balaban J connectivity index is 1.20. The Labute approximate surface area is 138 Å². The maximum absolute atomic E-state index is 12.3. The van der Waals surface area contributed by atoms with Crippen molar-refractivity contribution >= 4 is 6.03 Å². The molecule has 4 aliphatic rings. The minimum Gasteiger partial charge on any atom is -0.348 e. The third kappa shape index (κ3) is 3.49. The van der Waals surface area contributed by atoms with E-state index in [2.05, 4.69) is 22.5 Å². The van der Waals surface area contributed by atoms with E-state index in [1.165, 1.54) is 12.8 Å². The van der Waals surface area contributed by atoms with E-state index in [0.29, 0.717) is 25.3 Å². The van der Waals surface area contributed by atoms with E-state index in [0.717, 1.165) is 44.7 Å². The van der Waals surface area contributed by atoms with Gasteiger partial charge in [0.1, 0.15) is 0 Å². The van der Waals surface area contributed by atoms with Gasteiger partial charge in [0.15, 0.2) is 5.79 Å². The van der Waals surface area contributed by atoms with Crippen molar-refractivity contribution in [2.45, 2.75) is 81.8 Å². The third-order valence-electron chi connectivity index (χ3n) is 5.87. The van der Waals surface area contributed by atoms with E-state index in [1.54, 1.807) is 0 Å². The lowest BCUT2D eigenvalue weighted by Gasteiger charge is -2.35. The number of carbonyl (C=O) groups excluding carboxylic acids is 1. The van der Waals surface area contributed by atoms with Crippen LogP contribution in [0.1, 0.15) is 51.9 Å². The summed E-state index contributed by atoms with van der Waals surface area (Å²) in [6.07, 6.45) is 7.36. The molecule has 0 aromatic heterocycles. The molecule has 0 unspecified atom stereocenters. The maximum atomic E-state index is 12.3. The molecule has 1 spiro atoms. The molecule has 2 amide bonds. The van der Waals surface area contributed by atoms with E-state index in [4.69, 9.17) is 9.47 Å². The highest BCUT2D eigenvalue weighted by Gasteiger charge is 2.41. The zero-order valence-corrected chi connectivity index (χ0v) is 14.1. The second-order valence-corrected chi connectivity index (χ2v) is 7.71. The Kier molecular flexibility index (Phi) is 4.24. The van der Waals surface area contributed by atoms with Crippen molar-refractivity contribution in [1.29, 1.82) is 0 Å². The van der Waals surface area contributed by atoms with Crippen molar-refractivity contribution in [3.63, 3.8) is 0 Å². The van der Waals surface area contributed by atoms with Gasteiger partial charge in [0.2, 0.25) is 0 Å². The van der Waals surface area contributed by atoms with E-state index >= 15 is 0 Å². The van der Waals surface area contributed by atoms with Gasteiger partial charge in [-0.3, -0.25) is 4.90 Å².